The maximum absolute atomic E-state index is 12.4. The summed E-state index contributed by atoms with van der Waals surface area (Å²) in [5.74, 6) is -0.161. The van der Waals surface area contributed by atoms with Gasteiger partial charge in [0.15, 0.2) is 0 Å². The van der Waals surface area contributed by atoms with E-state index >= 15 is 0 Å². The average Bonchev–Trinajstić information content (AvgIpc) is 2.76. The molecule has 0 radical (unpaired) electrons. The summed E-state index contributed by atoms with van der Waals surface area (Å²) in [4.78, 5) is 24.3. The smallest absolute Gasteiger partial charge is 0.361 e. The highest BCUT2D eigenvalue weighted by molar-refractivity contribution is 5.98. The van der Waals surface area contributed by atoms with Gasteiger partial charge >= 0.3 is 5.63 Å². The first-order chi connectivity index (χ1) is 14.1. The van der Waals surface area contributed by atoms with Crippen molar-refractivity contribution >= 4 is 33.9 Å². The molecule has 6 heteroatoms. The van der Waals surface area contributed by atoms with Crippen LogP contribution in [0.25, 0.3) is 11.0 Å². The van der Waals surface area contributed by atoms with Gasteiger partial charge in [0.2, 0.25) is 0 Å². The van der Waals surface area contributed by atoms with Crippen LogP contribution in [0.4, 0.5) is 17.1 Å². The van der Waals surface area contributed by atoms with Crippen molar-refractivity contribution in [3.63, 3.8) is 0 Å². The van der Waals surface area contributed by atoms with Crippen LogP contribution >= 0.6 is 0 Å². The standard InChI is InChI=1S/C23H19N3O3/c24-20-21(18-8-4-5-9-19(18)29-23(20)28)26-17-12-10-16(11-13-17)22(27)25-14-15-6-2-1-3-7-15/h1-13,26H,14,24H2,(H,25,27). The normalized spacial score (nSPS) is 10.6. The van der Waals surface area contributed by atoms with Crippen molar-refractivity contribution < 1.29 is 9.21 Å². The van der Waals surface area contributed by atoms with Gasteiger partial charge in [-0.2, -0.15) is 0 Å². The zero-order chi connectivity index (χ0) is 20.2. The van der Waals surface area contributed by atoms with Crippen LogP contribution in [0.15, 0.2) is 88.1 Å². The Bertz CT molecular complexity index is 1220. The minimum Gasteiger partial charge on any atom is -0.421 e. The Kier molecular flexibility index (Phi) is 4.99. The fourth-order valence-corrected chi connectivity index (χ4v) is 3.03. The number of nitrogen functional groups attached to an aromatic ring is 1. The van der Waals surface area contributed by atoms with Gasteiger partial charge in [-0.1, -0.05) is 42.5 Å². The Hall–Kier alpha value is -4.06. The number of carbonyl (C=O) groups excluding carboxylic acids is 1. The molecule has 1 heterocycles. The van der Waals surface area contributed by atoms with Crippen molar-refractivity contribution in [2.24, 2.45) is 0 Å². The number of para-hydroxylation sites is 1. The monoisotopic (exact) mass is 385 g/mol. The summed E-state index contributed by atoms with van der Waals surface area (Å²) in [5.41, 5.74) is 8.56. The van der Waals surface area contributed by atoms with E-state index in [4.69, 9.17) is 10.2 Å². The molecule has 29 heavy (non-hydrogen) atoms. The number of nitrogens with one attached hydrogen (secondary N) is 2. The van der Waals surface area contributed by atoms with Crippen molar-refractivity contribution in [1.82, 2.24) is 5.32 Å². The molecule has 0 aliphatic carbocycles. The number of amides is 1. The molecule has 0 unspecified atom stereocenters. The van der Waals surface area contributed by atoms with E-state index in [2.05, 4.69) is 10.6 Å². The summed E-state index contributed by atoms with van der Waals surface area (Å²) in [7, 11) is 0. The lowest BCUT2D eigenvalue weighted by Crippen LogP contribution is -2.22. The van der Waals surface area contributed by atoms with Crippen molar-refractivity contribution in [3.8, 4) is 0 Å². The predicted octanol–water partition coefficient (Wildman–Crippen LogP) is 4.05. The summed E-state index contributed by atoms with van der Waals surface area (Å²) in [5, 5.41) is 6.76. The van der Waals surface area contributed by atoms with Crippen molar-refractivity contribution in [3.05, 3.63) is 100 Å². The maximum Gasteiger partial charge on any atom is 0.361 e. The predicted molar refractivity (Wildman–Crippen MR) is 114 cm³/mol. The fraction of sp³-hybridized carbons (Fsp3) is 0.0435. The van der Waals surface area contributed by atoms with Crippen LogP contribution in [0, 0.1) is 0 Å². The first kappa shape index (κ1) is 18.3. The zero-order valence-corrected chi connectivity index (χ0v) is 15.5. The Morgan fingerprint density at radius 2 is 1.59 bits per heavy atom. The van der Waals surface area contributed by atoms with Gasteiger partial charge < -0.3 is 20.8 Å². The van der Waals surface area contributed by atoms with Gasteiger partial charge in [-0.05, 0) is 42.0 Å². The van der Waals surface area contributed by atoms with Crippen LogP contribution < -0.4 is 22.0 Å². The lowest BCUT2D eigenvalue weighted by atomic mass is 10.1. The third-order valence-corrected chi connectivity index (χ3v) is 4.56. The van der Waals surface area contributed by atoms with E-state index in [1.165, 1.54) is 0 Å². The summed E-state index contributed by atoms with van der Waals surface area (Å²) in [6.07, 6.45) is 0. The van der Waals surface area contributed by atoms with Crippen LogP contribution in [-0.2, 0) is 6.54 Å². The molecule has 4 aromatic rings. The molecule has 0 bridgehead atoms. The van der Waals surface area contributed by atoms with E-state index in [9.17, 15) is 9.59 Å². The van der Waals surface area contributed by atoms with Crippen molar-refractivity contribution in [1.29, 1.82) is 0 Å². The highest BCUT2D eigenvalue weighted by Crippen LogP contribution is 2.29. The van der Waals surface area contributed by atoms with Gasteiger partial charge in [-0.3, -0.25) is 4.79 Å². The summed E-state index contributed by atoms with van der Waals surface area (Å²) in [6, 6.07) is 23.8. The first-order valence-corrected chi connectivity index (χ1v) is 9.12. The number of anilines is 3. The molecule has 144 valence electrons. The number of rotatable bonds is 5. The molecule has 1 amide bonds. The Labute approximate surface area is 167 Å². The van der Waals surface area contributed by atoms with Crippen LogP contribution in [-0.4, -0.2) is 5.91 Å². The second-order valence-electron chi connectivity index (χ2n) is 6.54. The summed E-state index contributed by atoms with van der Waals surface area (Å²) in [6.45, 7) is 0.460. The van der Waals surface area contributed by atoms with Crippen LogP contribution in [0.1, 0.15) is 15.9 Å². The Morgan fingerprint density at radius 1 is 0.897 bits per heavy atom. The van der Waals surface area contributed by atoms with Gasteiger partial charge in [-0.25, -0.2) is 4.79 Å². The maximum atomic E-state index is 12.4. The van der Waals surface area contributed by atoms with E-state index in [0.29, 0.717) is 34.5 Å². The topological polar surface area (TPSA) is 97.4 Å². The van der Waals surface area contributed by atoms with Gasteiger partial charge in [0.1, 0.15) is 11.3 Å². The molecule has 4 N–H and O–H groups in total. The average molecular weight is 385 g/mol. The highest BCUT2D eigenvalue weighted by atomic mass is 16.4. The molecular weight excluding hydrogens is 366 g/mol. The van der Waals surface area contributed by atoms with Gasteiger partial charge in [0.05, 0.1) is 5.69 Å². The molecule has 3 aromatic carbocycles. The third-order valence-electron chi connectivity index (χ3n) is 4.56. The SMILES string of the molecule is Nc1c(Nc2ccc(C(=O)NCc3ccccc3)cc2)c2ccccc2oc1=O. The molecule has 0 saturated heterocycles. The fourth-order valence-electron chi connectivity index (χ4n) is 3.03. The van der Waals surface area contributed by atoms with Gasteiger partial charge in [0.25, 0.3) is 5.91 Å². The first-order valence-electron chi connectivity index (χ1n) is 9.12. The molecule has 0 fully saturated rings. The summed E-state index contributed by atoms with van der Waals surface area (Å²) < 4.78 is 5.21. The quantitative estimate of drug-likeness (QED) is 0.450. The minimum atomic E-state index is -0.594. The second-order valence-corrected chi connectivity index (χ2v) is 6.54. The second kappa shape index (κ2) is 7.90. The molecule has 6 nitrogen and oxygen atoms in total. The lowest BCUT2D eigenvalue weighted by Gasteiger charge is -2.12. The molecule has 4 rings (SSSR count). The van der Waals surface area contributed by atoms with Crippen molar-refractivity contribution in [2.45, 2.75) is 6.54 Å². The molecule has 0 atom stereocenters. The Balaban J connectivity index is 1.52. The third kappa shape index (κ3) is 3.96. The number of carbonyl (C=O) groups is 1. The largest absolute Gasteiger partial charge is 0.421 e. The molecule has 0 spiro atoms. The van der Waals surface area contributed by atoms with Crippen LogP contribution in [0.3, 0.4) is 0 Å². The van der Waals surface area contributed by atoms with E-state index < -0.39 is 5.63 Å². The zero-order valence-electron chi connectivity index (χ0n) is 15.5. The van der Waals surface area contributed by atoms with E-state index in [1.54, 1.807) is 36.4 Å². The van der Waals surface area contributed by atoms with Crippen molar-refractivity contribution in [2.75, 3.05) is 11.1 Å². The van der Waals surface area contributed by atoms with E-state index in [1.807, 2.05) is 42.5 Å². The number of nitrogens with two attached hydrogens (primary N) is 1. The van der Waals surface area contributed by atoms with E-state index in [-0.39, 0.29) is 11.6 Å². The summed E-state index contributed by atoms with van der Waals surface area (Å²) >= 11 is 0. The van der Waals surface area contributed by atoms with Gasteiger partial charge in [-0.15, -0.1) is 0 Å². The van der Waals surface area contributed by atoms with E-state index in [0.717, 1.165) is 5.56 Å². The molecule has 0 aliphatic rings. The van der Waals surface area contributed by atoms with Gasteiger partial charge in [0, 0.05) is 23.2 Å². The molecule has 0 aliphatic heterocycles. The molecule has 1 aromatic heterocycles. The van der Waals surface area contributed by atoms with Crippen LogP contribution in [0.2, 0.25) is 0 Å². The molecule has 0 saturated carbocycles. The number of hydrogen-bond donors (Lipinski definition) is 3. The number of benzene rings is 3. The Morgan fingerprint density at radius 3 is 2.34 bits per heavy atom. The lowest BCUT2D eigenvalue weighted by molar-refractivity contribution is 0.0951. The number of fused-ring (bicyclic) bond motifs is 1. The molecular formula is C23H19N3O3. The van der Waals surface area contributed by atoms with Crippen LogP contribution in [0.5, 0.6) is 0 Å². The highest BCUT2D eigenvalue weighted by Gasteiger charge is 2.12. The number of hydrogen-bond acceptors (Lipinski definition) is 5. The minimum absolute atomic E-state index is 0.00776.